The van der Waals surface area contributed by atoms with E-state index in [4.69, 9.17) is 26.1 Å². The molecular formula is C30H29ClN4O3. The van der Waals surface area contributed by atoms with Crippen LogP contribution in [-0.2, 0) is 9.53 Å². The molecule has 0 saturated carbocycles. The van der Waals surface area contributed by atoms with Gasteiger partial charge >= 0.3 is 0 Å². The molecule has 1 saturated heterocycles. The van der Waals surface area contributed by atoms with Crippen LogP contribution in [0.4, 0.5) is 5.69 Å². The Morgan fingerprint density at radius 2 is 1.92 bits per heavy atom. The van der Waals surface area contributed by atoms with Crippen LogP contribution in [0.1, 0.15) is 29.8 Å². The van der Waals surface area contributed by atoms with Gasteiger partial charge in [0.05, 0.1) is 23.2 Å². The molecule has 3 aromatic carbocycles. The third kappa shape index (κ3) is 4.92. The lowest BCUT2D eigenvalue weighted by atomic mass is 9.94. The van der Waals surface area contributed by atoms with Crippen LogP contribution in [0.25, 0.3) is 22.2 Å². The topological polar surface area (TPSA) is 79.5 Å². The lowest BCUT2D eigenvalue weighted by Gasteiger charge is -2.32. The van der Waals surface area contributed by atoms with Crippen molar-refractivity contribution in [2.24, 2.45) is 0 Å². The van der Waals surface area contributed by atoms with Crippen LogP contribution in [0.3, 0.4) is 0 Å². The first kappa shape index (κ1) is 24.7. The summed E-state index contributed by atoms with van der Waals surface area (Å²) in [5.41, 5.74) is 5.32. The van der Waals surface area contributed by atoms with Crippen LogP contribution in [-0.4, -0.2) is 60.2 Å². The van der Waals surface area contributed by atoms with E-state index in [-0.39, 0.29) is 12.0 Å². The highest BCUT2D eigenvalue weighted by Crippen LogP contribution is 2.42. The number of methoxy groups -OCH3 is 1. The van der Waals surface area contributed by atoms with Crippen molar-refractivity contribution in [1.29, 1.82) is 0 Å². The summed E-state index contributed by atoms with van der Waals surface area (Å²) in [6.07, 6.45) is 2.04. The van der Waals surface area contributed by atoms with Crippen molar-refractivity contribution in [1.82, 2.24) is 14.9 Å². The number of carbonyl (C=O) groups excluding carboxylic acids is 1. The Bertz CT molecular complexity index is 1490. The number of H-pyrrole nitrogens is 1. The molecule has 0 bridgehead atoms. The monoisotopic (exact) mass is 528 g/mol. The van der Waals surface area contributed by atoms with E-state index >= 15 is 0 Å². The molecule has 2 N–H and O–H groups in total. The number of hydrogen-bond donors (Lipinski definition) is 2. The van der Waals surface area contributed by atoms with E-state index < -0.39 is 0 Å². The van der Waals surface area contributed by atoms with Gasteiger partial charge in [-0.1, -0.05) is 35.9 Å². The van der Waals surface area contributed by atoms with Crippen LogP contribution in [0.5, 0.6) is 5.75 Å². The molecule has 0 unspecified atom stereocenters. The number of piperidine rings is 1. The molecule has 0 radical (unpaired) electrons. The minimum Gasteiger partial charge on any atom is -0.490 e. The zero-order chi connectivity index (χ0) is 26.1. The van der Waals surface area contributed by atoms with E-state index in [1.54, 1.807) is 7.11 Å². The largest absolute Gasteiger partial charge is 0.490 e. The van der Waals surface area contributed by atoms with Gasteiger partial charge in [-0.15, -0.1) is 0 Å². The minimum absolute atomic E-state index is 0.132. The van der Waals surface area contributed by atoms with Crippen molar-refractivity contribution in [3.05, 3.63) is 88.7 Å². The first-order chi connectivity index (χ1) is 18.6. The molecule has 194 valence electrons. The Hall–Kier alpha value is -3.65. The van der Waals surface area contributed by atoms with E-state index in [1.807, 2.05) is 66.7 Å². The van der Waals surface area contributed by atoms with Gasteiger partial charge in [0, 0.05) is 48.6 Å². The quantitative estimate of drug-likeness (QED) is 0.304. The zero-order valence-corrected chi connectivity index (χ0v) is 21.9. The van der Waals surface area contributed by atoms with Gasteiger partial charge in [-0.25, -0.2) is 4.98 Å². The summed E-state index contributed by atoms with van der Waals surface area (Å²) in [4.78, 5) is 24.1. The molecule has 0 spiro atoms. The first-order valence-corrected chi connectivity index (χ1v) is 13.3. The lowest BCUT2D eigenvalue weighted by Crippen LogP contribution is -2.39. The highest BCUT2D eigenvalue weighted by Gasteiger charge is 2.31. The molecular weight excluding hydrogens is 500 g/mol. The summed E-state index contributed by atoms with van der Waals surface area (Å²) in [7, 11) is 1.73. The Morgan fingerprint density at radius 3 is 2.71 bits per heavy atom. The van der Waals surface area contributed by atoms with Gasteiger partial charge in [-0.05, 0) is 60.9 Å². The number of aromatic amines is 1. The highest BCUT2D eigenvalue weighted by molar-refractivity contribution is 6.38. The number of aromatic nitrogens is 2. The number of anilines is 1. The first-order valence-electron chi connectivity index (χ1n) is 12.9. The normalized spacial score (nSPS) is 17.5. The van der Waals surface area contributed by atoms with E-state index in [1.165, 1.54) is 0 Å². The van der Waals surface area contributed by atoms with Gasteiger partial charge in [-0.2, -0.15) is 0 Å². The van der Waals surface area contributed by atoms with Gasteiger partial charge in [-0.3, -0.25) is 4.79 Å². The number of hydrogen-bond acceptors (Lipinski definition) is 5. The smallest absolute Gasteiger partial charge is 0.257 e. The Balaban J connectivity index is 1.38. The summed E-state index contributed by atoms with van der Waals surface area (Å²) in [5, 5.41) is 3.61. The number of nitrogens with zero attached hydrogens (tertiary/aromatic N) is 2. The number of benzene rings is 3. The number of para-hydroxylation sites is 2. The van der Waals surface area contributed by atoms with Crippen molar-refractivity contribution in [3.8, 4) is 5.75 Å². The number of likely N-dealkylation sites (tertiary alicyclic amines) is 1. The predicted molar refractivity (Wildman–Crippen MR) is 150 cm³/mol. The number of imidazole rings is 1. The van der Waals surface area contributed by atoms with Crippen LogP contribution in [0, 0.1) is 0 Å². The van der Waals surface area contributed by atoms with Gasteiger partial charge in [0.1, 0.15) is 17.7 Å². The molecule has 1 aromatic heterocycles. The van der Waals surface area contributed by atoms with Gasteiger partial charge < -0.3 is 24.7 Å². The summed E-state index contributed by atoms with van der Waals surface area (Å²) in [6.45, 7) is 3.65. The molecule has 3 heterocycles. The Kier molecular flexibility index (Phi) is 6.89. The summed E-state index contributed by atoms with van der Waals surface area (Å²) >= 11 is 6.39. The molecule has 0 atom stereocenters. The van der Waals surface area contributed by atoms with Crippen molar-refractivity contribution in [2.75, 3.05) is 38.7 Å². The molecule has 2 aliphatic rings. The van der Waals surface area contributed by atoms with Crippen molar-refractivity contribution >= 4 is 45.4 Å². The average Bonchev–Trinajstić information content (AvgIpc) is 3.49. The number of carbonyl (C=O) groups is 1. The van der Waals surface area contributed by atoms with Crippen molar-refractivity contribution in [3.63, 3.8) is 0 Å². The number of amides is 1. The summed E-state index contributed by atoms with van der Waals surface area (Å²) in [6, 6.07) is 21.2. The summed E-state index contributed by atoms with van der Waals surface area (Å²) in [5.74, 6) is 1.18. The number of rotatable bonds is 7. The van der Waals surface area contributed by atoms with Crippen molar-refractivity contribution in [2.45, 2.75) is 18.9 Å². The van der Waals surface area contributed by atoms with Gasteiger partial charge in [0.2, 0.25) is 0 Å². The van der Waals surface area contributed by atoms with Crippen LogP contribution in [0.15, 0.2) is 66.7 Å². The number of ether oxygens (including phenoxy) is 2. The number of fused-ring (bicyclic) bond motifs is 2. The molecule has 8 heteroatoms. The van der Waals surface area contributed by atoms with Gasteiger partial charge in [0.15, 0.2) is 0 Å². The molecule has 0 aliphatic carbocycles. The molecule has 7 nitrogen and oxygen atoms in total. The third-order valence-electron chi connectivity index (χ3n) is 7.17. The molecule has 2 aliphatic heterocycles. The molecule has 4 aromatic rings. The minimum atomic E-state index is -0.181. The maximum absolute atomic E-state index is 13.4. The molecule has 1 amide bonds. The maximum Gasteiger partial charge on any atom is 0.257 e. The Labute approximate surface area is 226 Å². The fourth-order valence-electron chi connectivity index (χ4n) is 5.25. The SMILES string of the molecule is COCCN1CCC(Oc2ccc3c(c2)C(=C(c2cccc(Cl)c2)c2nc4ccccc4[nH]2)C(=O)N3)CC1. The Morgan fingerprint density at radius 1 is 1.08 bits per heavy atom. The standard InChI is InChI=1S/C30H29ClN4O3/c1-37-16-15-35-13-11-21(12-14-35)38-22-9-10-24-23(18-22)28(30(36)34-24)27(19-5-4-6-20(31)17-19)29-32-25-7-2-3-8-26(25)33-29/h2-10,17-18,21H,11-16H2,1H3,(H,32,33)(H,34,36). The number of halogens is 1. The summed E-state index contributed by atoms with van der Waals surface area (Å²) < 4.78 is 11.6. The predicted octanol–water partition coefficient (Wildman–Crippen LogP) is 5.62. The molecule has 38 heavy (non-hydrogen) atoms. The van der Waals surface area contributed by atoms with E-state index in [0.29, 0.717) is 22.0 Å². The second-order valence-electron chi connectivity index (χ2n) is 9.68. The second kappa shape index (κ2) is 10.6. The zero-order valence-electron chi connectivity index (χ0n) is 21.2. The highest BCUT2D eigenvalue weighted by atomic mass is 35.5. The fourth-order valence-corrected chi connectivity index (χ4v) is 5.44. The average molecular weight is 529 g/mol. The molecule has 1 fully saturated rings. The number of nitrogens with one attached hydrogen (secondary N) is 2. The fraction of sp³-hybridized carbons (Fsp3) is 0.267. The van der Waals surface area contributed by atoms with Crippen LogP contribution < -0.4 is 10.1 Å². The third-order valence-corrected chi connectivity index (χ3v) is 7.41. The van der Waals surface area contributed by atoms with E-state index in [2.05, 4.69) is 15.2 Å². The van der Waals surface area contributed by atoms with E-state index in [9.17, 15) is 4.79 Å². The second-order valence-corrected chi connectivity index (χ2v) is 10.1. The van der Waals surface area contributed by atoms with Gasteiger partial charge in [0.25, 0.3) is 5.91 Å². The molecule has 6 rings (SSSR count). The van der Waals surface area contributed by atoms with E-state index in [0.717, 1.165) is 72.7 Å². The van der Waals surface area contributed by atoms with Crippen LogP contribution in [0.2, 0.25) is 5.02 Å². The van der Waals surface area contributed by atoms with Crippen molar-refractivity contribution < 1.29 is 14.3 Å². The lowest BCUT2D eigenvalue weighted by molar-refractivity contribution is -0.110. The maximum atomic E-state index is 13.4. The van der Waals surface area contributed by atoms with Crippen LogP contribution >= 0.6 is 11.6 Å².